The van der Waals surface area contributed by atoms with Gasteiger partial charge in [-0.1, -0.05) is 6.07 Å². The second-order valence-electron chi connectivity index (χ2n) is 4.60. The average Bonchev–Trinajstić information content (AvgIpc) is 2.43. The Labute approximate surface area is 107 Å². The molecule has 1 heterocycles. The highest BCUT2D eigenvalue weighted by Crippen LogP contribution is 2.25. The van der Waals surface area contributed by atoms with Crippen LogP contribution in [0.1, 0.15) is 29.3 Å². The van der Waals surface area contributed by atoms with Crippen molar-refractivity contribution in [2.24, 2.45) is 5.92 Å². The number of nitriles is 1. The molecule has 1 unspecified atom stereocenters. The molecule has 1 aliphatic rings. The van der Waals surface area contributed by atoms with Gasteiger partial charge in [0.15, 0.2) is 0 Å². The van der Waals surface area contributed by atoms with E-state index < -0.39 is 0 Å². The Bertz CT molecular complexity index is 490. The van der Waals surface area contributed by atoms with Crippen LogP contribution in [0.15, 0.2) is 18.2 Å². The van der Waals surface area contributed by atoms with Gasteiger partial charge in [-0.05, 0) is 37.5 Å². The van der Waals surface area contributed by atoms with Crippen LogP contribution in [-0.4, -0.2) is 19.0 Å². The van der Waals surface area contributed by atoms with Crippen molar-refractivity contribution in [1.82, 2.24) is 5.32 Å². The third kappa shape index (κ3) is 2.62. The third-order valence-corrected chi connectivity index (χ3v) is 3.13. The molecule has 1 amide bonds. The Morgan fingerprint density at radius 1 is 1.61 bits per heavy atom. The first-order chi connectivity index (χ1) is 8.72. The van der Waals surface area contributed by atoms with Crippen LogP contribution >= 0.6 is 0 Å². The summed E-state index contributed by atoms with van der Waals surface area (Å²) >= 11 is 0. The van der Waals surface area contributed by atoms with E-state index >= 15 is 0 Å². The lowest BCUT2D eigenvalue weighted by atomic mass is 9.97. The van der Waals surface area contributed by atoms with Crippen LogP contribution < -0.4 is 10.6 Å². The summed E-state index contributed by atoms with van der Waals surface area (Å²) in [5.74, 6) is -0.246. The molecule has 0 saturated heterocycles. The third-order valence-electron chi connectivity index (χ3n) is 3.13. The largest absolute Gasteiger partial charge is 0.385 e. The Balaban J connectivity index is 2.13. The molecule has 0 radical (unpaired) electrons. The molecule has 0 spiro atoms. The van der Waals surface area contributed by atoms with E-state index in [0.29, 0.717) is 6.54 Å². The Kier molecular flexibility index (Phi) is 3.83. The van der Waals surface area contributed by atoms with Gasteiger partial charge in [0.2, 0.25) is 0 Å². The molecule has 0 aromatic heterocycles. The first-order valence-corrected chi connectivity index (χ1v) is 6.26. The first-order valence-electron chi connectivity index (χ1n) is 6.26. The number of carbonyl (C=O) groups is 1. The lowest BCUT2D eigenvalue weighted by Gasteiger charge is -2.20. The zero-order valence-electron chi connectivity index (χ0n) is 10.5. The van der Waals surface area contributed by atoms with Crippen molar-refractivity contribution in [3.63, 3.8) is 0 Å². The van der Waals surface area contributed by atoms with Crippen molar-refractivity contribution in [1.29, 1.82) is 5.26 Å². The van der Waals surface area contributed by atoms with Crippen molar-refractivity contribution in [3.8, 4) is 6.07 Å². The van der Waals surface area contributed by atoms with Gasteiger partial charge in [0.25, 0.3) is 5.91 Å². The number of rotatable bonds is 3. The predicted octanol–water partition coefficient (Wildman–Crippen LogP) is 1.93. The summed E-state index contributed by atoms with van der Waals surface area (Å²) in [6.45, 7) is 3.15. The van der Waals surface area contributed by atoms with Gasteiger partial charge in [-0.15, -0.1) is 0 Å². The second kappa shape index (κ2) is 5.54. The lowest BCUT2D eigenvalue weighted by molar-refractivity contribution is 0.0950. The van der Waals surface area contributed by atoms with E-state index in [-0.39, 0.29) is 11.8 Å². The van der Waals surface area contributed by atoms with Crippen LogP contribution in [0.3, 0.4) is 0 Å². The van der Waals surface area contributed by atoms with Gasteiger partial charge in [-0.3, -0.25) is 4.79 Å². The molecule has 4 heteroatoms. The molecule has 0 bridgehead atoms. The topological polar surface area (TPSA) is 64.9 Å². The maximum Gasteiger partial charge on any atom is 0.251 e. The van der Waals surface area contributed by atoms with Gasteiger partial charge in [-0.2, -0.15) is 5.26 Å². The molecule has 94 valence electrons. The number of amides is 1. The Morgan fingerprint density at radius 3 is 3.22 bits per heavy atom. The number of anilines is 1. The van der Waals surface area contributed by atoms with Gasteiger partial charge >= 0.3 is 0 Å². The van der Waals surface area contributed by atoms with E-state index in [0.717, 1.165) is 36.2 Å². The highest BCUT2D eigenvalue weighted by atomic mass is 16.1. The monoisotopic (exact) mass is 243 g/mol. The Morgan fingerprint density at radius 2 is 2.44 bits per heavy atom. The maximum atomic E-state index is 12.1. The van der Waals surface area contributed by atoms with Crippen LogP contribution in [0.5, 0.6) is 0 Å². The van der Waals surface area contributed by atoms with E-state index in [1.807, 2.05) is 18.2 Å². The molecule has 2 rings (SSSR count). The summed E-state index contributed by atoms with van der Waals surface area (Å²) in [6.07, 6.45) is 1.98. The lowest BCUT2D eigenvalue weighted by Crippen LogP contribution is -2.29. The first kappa shape index (κ1) is 12.4. The van der Waals surface area contributed by atoms with Crippen LogP contribution in [0, 0.1) is 17.2 Å². The highest BCUT2D eigenvalue weighted by molar-refractivity contribution is 5.97. The van der Waals surface area contributed by atoms with Crippen molar-refractivity contribution >= 4 is 11.6 Å². The normalized spacial score (nSPS) is 14.9. The van der Waals surface area contributed by atoms with E-state index in [1.54, 1.807) is 6.92 Å². The molecule has 4 nitrogen and oxygen atoms in total. The van der Waals surface area contributed by atoms with Crippen molar-refractivity contribution < 1.29 is 4.79 Å². The summed E-state index contributed by atoms with van der Waals surface area (Å²) in [5, 5.41) is 14.8. The maximum absolute atomic E-state index is 12.1. The summed E-state index contributed by atoms with van der Waals surface area (Å²) in [7, 11) is 0. The summed E-state index contributed by atoms with van der Waals surface area (Å²) in [6, 6.07) is 7.84. The molecular weight excluding hydrogens is 226 g/mol. The molecule has 18 heavy (non-hydrogen) atoms. The fourth-order valence-electron chi connectivity index (χ4n) is 2.11. The smallest absolute Gasteiger partial charge is 0.251 e. The minimum absolute atomic E-state index is 0.0855. The van der Waals surface area contributed by atoms with Crippen molar-refractivity contribution in [2.75, 3.05) is 18.4 Å². The number of hydrogen-bond donors (Lipinski definition) is 2. The number of carbonyl (C=O) groups excluding carboxylic acids is 1. The average molecular weight is 243 g/mol. The fraction of sp³-hybridized carbons (Fsp3) is 0.429. The molecule has 1 aromatic rings. The van der Waals surface area contributed by atoms with Crippen molar-refractivity contribution in [2.45, 2.75) is 19.8 Å². The molecule has 1 aromatic carbocycles. The summed E-state index contributed by atoms with van der Waals surface area (Å²) < 4.78 is 0. The van der Waals surface area contributed by atoms with Crippen LogP contribution in [0.25, 0.3) is 0 Å². The van der Waals surface area contributed by atoms with E-state index in [9.17, 15) is 4.79 Å². The number of nitrogens with one attached hydrogen (secondary N) is 2. The standard InChI is InChI=1S/C14H17N3O/c1-10(8-15)9-17-14(18)12-4-2-6-13-11(12)5-3-7-16-13/h2,4,6,10,16H,3,5,7,9H2,1H3,(H,17,18). The van der Waals surface area contributed by atoms with E-state index in [4.69, 9.17) is 5.26 Å². The molecule has 2 N–H and O–H groups in total. The van der Waals surface area contributed by atoms with Gasteiger partial charge < -0.3 is 10.6 Å². The van der Waals surface area contributed by atoms with Gasteiger partial charge in [0, 0.05) is 24.3 Å². The van der Waals surface area contributed by atoms with E-state index in [1.165, 1.54) is 0 Å². The molecular formula is C14H17N3O. The SMILES string of the molecule is CC(C#N)CNC(=O)c1cccc2c1CCCN2. The minimum atomic E-state index is -0.161. The minimum Gasteiger partial charge on any atom is -0.385 e. The van der Waals surface area contributed by atoms with E-state index in [2.05, 4.69) is 16.7 Å². The molecule has 0 fully saturated rings. The van der Waals surface area contributed by atoms with Crippen LogP contribution in [0.2, 0.25) is 0 Å². The number of fused-ring (bicyclic) bond motifs is 1. The zero-order chi connectivity index (χ0) is 13.0. The van der Waals surface area contributed by atoms with Crippen LogP contribution in [-0.2, 0) is 6.42 Å². The quantitative estimate of drug-likeness (QED) is 0.852. The van der Waals surface area contributed by atoms with Gasteiger partial charge in [0.1, 0.15) is 0 Å². The molecule has 1 aliphatic heterocycles. The van der Waals surface area contributed by atoms with Crippen molar-refractivity contribution in [3.05, 3.63) is 29.3 Å². The number of hydrogen-bond acceptors (Lipinski definition) is 3. The fourth-order valence-corrected chi connectivity index (χ4v) is 2.11. The van der Waals surface area contributed by atoms with Gasteiger partial charge in [0.05, 0.1) is 12.0 Å². The summed E-state index contributed by atoms with van der Waals surface area (Å²) in [4.78, 5) is 12.1. The molecule has 1 atom stereocenters. The zero-order valence-corrected chi connectivity index (χ0v) is 10.5. The van der Waals surface area contributed by atoms with Crippen LogP contribution in [0.4, 0.5) is 5.69 Å². The predicted molar refractivity (Wildman–Crippen MR) is 70.4 cm³/mol. The number of benzene rings is 1. The second-order valence-corrected chi connectivity index (χ2v) is 4.60. The summed E-state index contributed by atoms with van der Waals surface area (Å²) in [5.41, 5.74) is 2.87. The molecule has 0 saturated carbocycles. The molecule has 0 aliphatic carbocycles. The Hall–Kier alpha value is -2.02. The van der Waals surface area contributed by atoms with Gasteiger partial charge in [-0.25, -0.2) is 0 Å². The number of nitrogens with zero attached hydrogens (tertiary/aromatic N) is 1. The highest BCUT2D eigenvalue weighted by Gasteiger charge is 2.17.